The molecule has 162 valence electrons. The molecule has 1 amide bonds. The summed E-state index contributed by atoms with van der Waals surface area (Å²) in [7, 11) is 1.48. The molecule has 3 N–H and O–H groups in total. The minimum atomic E-state index is -0.452. The quantitative estimate of drug-likeness (QED) is 0.479. The smallest absolute Gasteiger partial charge is 0.273 e. The van der Waals surface area contributed by atoms with E-state index in [2.05, 4.69) is 10.2 Å². The second-order valence-electron chi connectivity index (χ2n) is 7.26. The van der Waals surface area contributed by atoms with Gasteiger partial charge in [0.1, 0.15) is 17.1 Å². The van der Waals surface area contributed by atoms with E-state index in [1.165, 1.54) is 7.11 Å². The highest BCUT2D eigenvalue weighted by Crippen LogP contribution is 2.45. The van der Waals surface area contributed by atoms with Gasteiger partial charge in [-0.3, -0.25) is 9.89 Å². The van der Waals surface area contributed by atoms with Crippen molar-refractivity contribution in [2.75, 3.05) is 26.9 Å². The van der Waals surface area contributed by atoms with E-state index in [-0.39, 0.29) is 17.4 Å². The number of aromatic hydroxyl groups is 2. The minimum absolute atomic E-state index is 0.0202. The lowest BCUT2D eigenvalue weighted by Crippen LogP contribution is -2.31. The van der Waals surface area contributed by atoms with Gasteiger partial charge in [-0.2, -0.15) is 5.10 Å². The number of carbonyl (C=O) groups is 1. The zero-order chi connectivity index (χ0) is 22.0. The summed E-state index contributed by atoms with van der Waals surface area (Å²) in [6.07, 6.45) is 0.676. The van der Waals surface area contributed by atoms with Crippen molar-refractivity contribution in [1.82, 2.24) is 15.1 Å². The summed E-state index contributed by atoms with van der Waals surface area (Å²) in [4.78, 5) is 15.0. The maximum Gasteiger partial charge on any atom is 0.273 e. The van der Waals surface area contributed by atoms with Gasteiger partial charge in [0.25, 0.3) is 5.91 Å². The number of H-pyrrole nitrogens is 1. The Balaban J connectivity index is 1.82. The Morgan fingerprint density at radius 2 is 1.97 bits per heavy atom. The Morgan fingerprint density at radius 3 is 2.71 bits per heavy atom. The molecule has 1 aliphatic rings. The molecular formula is C23H25N3O5. The molecule has 1 aliphatic heterocycles. The number of aromatic amines is 1. The number of carbonyl (C=O) groups excluding carboxylic acids is 1. The number of para-hydroxylation sites is 1. The van der Waals surface area contributed by atoms with Crippen molar-refractivity contribution in [3.63, 3.8) is 0 Å². The first kappa shape index (κ1) is 20.7. The molecule has 8 nitrogen and oxygen atoms in total. The number of hydrogen-bond acceptors (Lipinski definition) is 6. The van der Waals surface area contributed by atoms with Gasteiger partial charge in [0.2, 0.25) is 0 Å². The van der Waals surface area contributed by atoms with Crippen LogP contribution >= 0.6 is 0 Å². The minimum Gasteiger partial charge on any atom is -0.507 e. The van der Waals surface area contributed by atoms with E-state index < -0.39 is 6.04 Å². The van der Waals surface area contributed by atoms with Crippen molar-refractivity contribution in [2.45, 2.75) is 19.4 Å². The van der Waals surface area contributed by atoms with Crippen LogP contribution in [-0.4, -0.2) is 58.1 Å². The fourth-order valence-electron chi connectivity index (χ4n) is 4.00. The number of phenolic OH excluding ortho intramolecular Hbond substituents is 2. The van der Waals surface area contributed by atoms with Crippen molar-refractivity contribution in [3.8, 4) is 28.5 Å². The third-order valence-corrected chi connectivity index (χ3v) is 5.43. The van der Waals surface area contributed by atoms with E-state index >= 15 is 0 Å². The lowest BCUT2D eigenvalue weighted by Gasteiger charge is -2.27. The maximum atomic E-state index is 13.3. The van der Waals surface area contributed by atoms with E-state index in [4.69, 9.17) is 9.47 Å². The summed E-state index contributed by atoms with van der Waals surface area (Å²) < 4.78 is 10.7. The number of nitrogens with zero attached hydrogens (tertiary/aromatic N) is 2. The molecule has 0 aliphatic carbocycles. The monoisotopic (exact) mass is 423 g/mol. The number of aromatic nitrogens is 2. The molecule has 0 bridgehead atoms. The summed E-state index contributed by atoms with van der Waals surface area (Å²) in [5.41, 5.74) is 2.92. The lowest BCUT2D eigenvalue weighted by atomic mass is 9.95. The number of amides is 1. The number of benzene rings is 2. The summed E-state index contributed by atoms with van der Waals surface area (Å²) >= 11 is 0. The zero-order valence-corrected chi connectivity index (χ0v) is 17.5. The van der Waals surface area contributed by atoms with E-state index in [1.807, 2.05) is 13.0 Å². The highest BCUT2D eigenvalue weighted by molar-refractivity contribution is 6.00. The van der Waals surface area contributed by atoms with E-state index in [1.54, 1.807) is 41.3 Å². The average molecular weight is 423 g/mol. The summed E-state index contributed by atoms with van der Waals surface area (Å²) in [5, 5.41) is 27.7. The van der Waals surface area contributed by atoms with Crippen LogP contribution in [0, 0.1) is 0 Å². The first-order valence-electron chi connectivity index (χ1n) is 10.2. The number of nitrogens with one attached hydrogen (secondary N) is 1. The van der Waals surface area contributed by atoms with Crippen LogP contribution in [0.4, 0.5) is 0 Å². The predicted molar refractivity (Wildman–Crippen MR) is 114 cm³/mol. The van der Waals surface area contributed by atoms with Gasteiger partial charge in [0.05, 0.1) is 13.2 Å². The third kappa shape index (κ3) is 3.70. The Morgan fingerprint density at radius 1 is 1.16 bits per heavy atom. The Hall–Kier alpha value is -3.52. The molecule has 0 spiro atoms. The van der Waals surface area contributed by atoms with Crippen molar-refractivity contribution in [3.05, 3.63) is 59.3 Å². The number of fused-ring (bicyclic) bond motifs is 1. The molecule has 2 heterocycles. The number of hydrogen-bond donors (Lipinski definition) is 3. The summed E-state index contributed by atoms with van der Waals surface area (Å²) in [6, 6.07) is 11.5. The molecule has 2 aromatic carbocycles. The van der Waals surface area contributed by atoms with E-state index in [0.29, 0.717) is 54.4 Å². The number of phenols is 2. The Bertz CT molecular complexity index is 1090. The highest BCUT2D eigenvalue weighted by Gasteiger charge is 2.42. The molecule has 1 atom stereocenters. The van der Waals surface area contributed by atoms with E-state index in [0.717, 1.165) is 5.56 Å². The maximum absolute atomic E-state index is 13.3. The highest BCUT2D eigenvalue weighted by atomic mass is 16.5. The van der Waals surface area contributed by atoms with Gasteiger partial charge in [-0.15, -0.1) is 0 Å². The van der Waals surface area contributed by atoms with Crippen LogP contribution < -0.4 is 4.74 Å². The SMILES string of the molecule is CCOCCCN1C(=O)c2[nH]nc(-c3ccccc3O)c2C1c1ccc(O)c(OC)c1. The fraction of sp³-hybridized carbons (Fsp3) is 0.304. The van der Waals surface area contributed by atoms with Gasteiger partial charge in [-0.25, -0.2) is 0 Å². The van der Waals surface area contributed by atoms with Gasteiger partial charge in [-0.1, -0.05) is 18.2 Å². The van der Waals surface area contributed by atoms with Crippen LogP contribution in [-0.2, 0) is 4.74 Å². The topological polar surface area (TPSA) is 108 Å². The Labute approximate surface area is 180 Å². The van der Waals surface area contributed by atoms with Crippen LogP contribution in [0.5, 0.6) is 17.2 Å². The lowest BCUT2D eigenvalue weighted by molar-refractivity contribution is 0.0710. The molecule has 0 saturated heterocycles. The molecule has 31 heavy (non-hydrogen) atoms. The fourth-order valence-corrected chi connectivity index (χ4v) is 4.00. The summed E-state index contributed by atoms with van der Waals surface area (Å²) in [6.45, 7) is 3.58. The first-order valence-corrected chi connectivity index (χ1v) is 10.2. The standard InChI is InChI=1S/C23H25N3O5/c1-3-31-12-6-11-26-22(14-9-10-17(28)18(13-14)30-2)19-20(24-25-21(19)23(26)29)15-7-4-5-8-16(15)27/h4-5,7-10,13,22,27-28H,3,6,11-12H2,1-2H3,(H,24,25). The van der Waals surface area contributed by atoms with Gasteiger partial charge < -0.3 is 24.6 Å². The van der Waals surface area contributed by atoms with Gasteiger partial charge in [-0.05, 0) is 43.2 Å². The van der Waals surface area contributed by atoms with E-state index in [9.17, 15) is 15.0 Å². The second-order valence-corrected chi connectivity index (χ2v) is 7.26. The molecule has 0 radical (unpaired) electrons. The first-order chi connectivity index (χ1) is 15.1. The Kier molecular flexibility index (Phi) is 5.81. The molecule has 0 saturated carbocycles. The molecule has 4 rings (SSSR count). The van der Waals surface area contributed by atoms with Crippen molar-refractivity contribution in [2.24, 2.45) is 0 Å². The number of methoxy groups -OCH3 is 1. The van der Waals surface area contributed by atoms with Crippen molar-refractivity contribution < 1.29 is 24.5 Å². The van der Waals surface area contributed by atoms with Gasteiger partial charge in [0.15, 0.2) is 11.5 Å². The molecule has 0 fully saturated rings. The van der Waals surface area contributed by atoms with Gasteiger partial charge >= 0.3 is 0 Å². The number of ether oxygens (including phenoxy) is 2. The largest absolute Gasteiger partial charge is 0.507 e. The van der Waals surface area contributed by atoms with Crippen LogP contribution in [0.15, 0.2) is 42.5 Å². The summed E-state index contributed by atoms with van der Waals surface area (Å²) in [5.74, 6) is 0.255. The van der Waals surface area contributed by atoms with Crippen LogP contribution in [0.1, 0.15) is 41.0 Å². The molecule has 1 aromatic heterocycles. The second kappa shape index (κ2) is 8.69. The van der Waals surface area contributed by atoms with Gasteiger partial charge in [0, 0.05) is 30.9 Å². The normalized spacial score (nSPS) is 15.4. The van der Waals surface area contributed by atoms with Crippen LogP contribution in [0.3, 0.4) is 0 Å². The third-order valence-electron chi connectivity index (χ3n) is 5.43. The molecule has 3 aromatic rings. The molecular weight excluding hydrogens is 398 g/mol. The van der Waals surface area contributed by atoms with Crippen molar-refractivity contribution >= 4 is 5.91 Å². The predicted octanol–water partition coefficient (Wildman–Crippen LogP) is 3.47. The molecule has 1 unspecified atom stereocenters. The van der Waals surface area contributed by atoms with Crippen LogP contribution in [0.2, 0.25) is 0 Å². The molecule has 8 heteroatoms. The zero-order valence-electron chi connectivity index (χ0n) is 17.5. The van der Waals surface area contributed by atoms with Crippen molar-refractivity contribution in [1.29, 1.82) is 0 Å². The van der Waals surface area contributed by atoms with Crippen LogP contribution in [0.25, 0.3) is 11.3 Å². The average Bonchev–Trinajstić information content (AvgIpc) is 3.31. The number of rotatable bonds is 8.